The van der Waals surface area contributed by atoms with E-state index < -0.39 is 0 Å². The highest BCUT2D eigenvalue weighted by molar-refractivity contribution is 6.30. The first-order valence-electron chi connectivity index (χ1n) is 8.94. The first-order valence-corrected chi connectivity index (χ1v) is 9.32. The molecule has 138 valence electrons. The number of carbonyl (C=O) groups excluding carboxylic acids is 1. The maximum atomic E-state index is 12.6. The van der Waals surface area contributed by atoms with E-state index in [0.29, 0.717) is 24.0 Å². The van der Waals surface area contributed by atoms with Crippen molar-refractivity contribution in [2.24, 2.45) is 0 Å². The third kappa shape index (κ3) is 3.05. The zero-order valence-corrected chi connectivity index (χ0v) is 15.8. The molecule has 1 aromatic heterocycles. The van der Waals surface area contributed by atoms with Gasteiger partial charge in [-0.1, -0.05) is 11.6 Å². The molecule has 3 heterocycles. The smallest absolute Gasteiger partial charge is 0.320 e. The number of amides is 2. The molecule has 1 N–H and O–H groups in total. The molecule has 8 heteroatoms. The fourth-order valence-electron chi connectivity index (χ4n) is 3.79. The number of nitrogens with zero attached hydrogens (tertiary/aromatic N) is 5. The second-order valence-corrected chi connectivity index (χ2v) is 7.58. The monoisotopic (exact) mass is 374 g/mol. The lowest BCUT2D eigenvalue weighted by Gasteiger charge is -2.24. The molecule has 7 nitrogen and oxygen atoms in total. The maximum absolute atomic E-state index is 12.6. The number of benzene rings is 1. The molecule has 2 aromatic rings. The van der Waals surface area contributed by atoms with E-state index >= 15 is 0 Å². The fourth-order valence-corrected chi connectivity index (χ4v) is 3.98. The van der Waals surface area contributed by atoms with Crippen molar-refractivity contribution in [3.8, 4) is 5.69 Å². The van der Waals surface area contributed by atoms with Gasteiger partial charge >= 0.3 is 6.03 Å². The number of carbonyl (C=O) groups is 1. The summed E-state index contributed by atoms with van der Waals surface area (Å²) >= 11 is 6.25. The fraction of sp³-hybridized carbons (Fsp3) is 0.500. The Morgan fingerprint density at radius 2 is 2.00 bits per heavy atom. The van der Waals surface area contributed by atoms with Crippen LogP contribution in [0.15, 0.2) is 18.2 Å². The second-order valence-electron chi connectivity index (χ2n) is 7.14. The van der Waals surface area contributed by atoms with Crippen molar-refractivity contribution in [1.29, 1.82) is 0 Å². The summed E-state index contributed by atoms with van der Waals surface area (Å²) in [5.74, 6) is 2.16. The minimum absolute atomic E-state index is 0.0456. The van der Waals surface area contributed by atoms with Gasteiger partial charge in [0.25, 0.3) is 0 Å². The van der Waals surface area contributed by atoms with Crippen molar-refractivity contribution in [3.05, 3.63) is 40.4 Å². The molecule has 0 spiro atoms. The zero-order valence-electron chi connectivity index (χ0n) is 15.1. The van der Waals surface area contributed by atoms with Gasteiger partial charge in [0.1, 0.15) is 5.82 Å². The van der Waals surface area contributed by atoms with E-state index in [1.807, 2.05) is 18.2 Å². The number of urea groups is 1. The molecule has 0 unspecified atom stereocenters. The lowest BCUT2D eigenvalue weighted by atomic mass is 9.97. The van der Waals surface area contributed by atoms with Crippen LogP contribution in [-0.4, -0.2) is 57.8 Å². The standard InChI is InChI=1S/C18H23ClN6O/c1-23(2)18(26)24-10-13-9-14(19)3-4-15(13)25-16(11-24)21-22-17(25)12-5-7-20-8-6-12/h3-4,9,12,20H,5-8,10-11H2,1-2H3. The number of aromatic nitrogens is 3. The number of nitrogens with one attached hydrogen (secondary N) is 1. The molecule has 1 saturated heterocycles. The average Bonchev–Trinajstić information content (AvgIpc) is 2.97. The van der Waals surface area contributed by atoms with Crippen LogP contribution in [-0.2, 0) is 13.1 Å². The minimum atomic E-state index is -0.0456. The van der Waals surface area contributed by atoms with Crippen LogP contribution >= 0.6 is 11.6 Å². The summed E-state index contributed by atoms with van der Waals surface area (Å²) in [5, 5.41) is 13.0. The van der Waals surface area contributed by atoms with E-state index in [1.165, 1.54) is 0 Å². The van der Waals surface area contributed by atoms with E-state index in [9.17, 15) is 4.79 Å². The minimum Gasteiger partial charge on any atom is -0.331 e. The summed E-state index contributed by atoms with van der Waals surface area (Å²) in [7, 11) is 3.52. The predicted molar refractivity (Wildman–Crippen MR) is 99.5 cm³/mol. The summed E-state index contributed by atoms with van der Waals surface area (Å²) < 4.78 is 2.14. The van der Waals surface area contributed by atoms with Crippen LogP contribution < -0.4 is 5.32 Å². The summed E-state index contributed by atoms with van der Waals surface area (Å²) in [5.41, 5.74) is 2.04. The molecule has 0 atom stereocenters. The van der Waals surface area contributed by atoms with E-state index in [4.69, 9.17) is 11.6 Å². The second kappa shape index (κ2) is 6.89. The van der Waals surface area contributed by atoms with Crippen molar-refractivity contribution >= 4 is 17.6 Å². The van der Waals surface area contributed by atoms with Crippen LogP contribution in [0.4, 0.5) is 4.79 Å². The van der Waals surface area contributed by atoms with Gasteiger partial charge in [0.2, 0.25) is 0 Å². The number of hydrogen-bond acceptors (Lipinski definition) is 4. The van der Waals surface area contributed by atoms with Crippen molar-refractivity contribution in [2.75, 3.05) is 27.2 Å². The average molecular weight is 375 g/mol. The van der Waals surface area contributed by atoms with E-state index in [-0.39, 0.29) is 6.03 Å². The number of halogens is 1. The van der Waals surface area contributed by atoms with Gasteiger partial charge in [0.05, 0.1) is 18.8 Å². The lowest BCUT2D eigenvalue weighted by molar-refractivity contribution is 0.164. The van der Waals surface area contributed by atoms with Crippen LogP contribution in [0.2, 0.25) is 5.02 Å². The Balaban J connectivity index is 1.82. The third-order valence-electron chi connectivity index (χ3n) is 5.09. The molecule has 0 bridgehead atoms. The molecule has 0 saturated carbocycles. The highest BCUT2D eigenvalue weighted by atomic mass is 35.5. The van der Waals surface area contributed by atoms with Crippen molar-refractivity contribution < 1.29 is 4.79 Å². The van der Waals surface area contributed by atoms with Gasteiger partial charge in [-0.15, -0.1) is 10.2 Å². The predicted octanol–water partition coefficient (Wildman–Crippen LogP) is 2.38. The molecule has 0 radical (unpaired) electrons. The van der Waals surface area contributed by atoms with E-state index in [0.717, 1.165) is 48.8 Å². The molecular formula is C18H23ClN6O. The molecule has 0 aliphatic carbocycles. The summed E-state index contributed by atoms with van der Waals surface area (Å²) in [4.78, 5) is 16.0. The SMILES string of the molecule is CN(C)C(=O)N1Cc2cc(Cl)ccc2-n2c(nnc2C2CCNCC2)C1. The van der Waals surface area contributed by atoms with Crippen LogP contribution in [0.3, 0.4) is 0 Å². The Kier molecular flexibility index (Phi) is 4.58. The summed E-state index contributed by atoms with van der Waals surface area (Å²) in [6.07, 6.45) is 2.09. The van der Waals surface area contributed by atoms with Crippen LogP contribution in [0.1, 0.15) is 36.0 Å². The van der Waals surface area contributed by atoms with Crippen LogP contribution in [0.25, 0.3) is 5.69 Å². The number of fused-ring (bicyclic) bond motifs is 3. The number of hydrogen-bond donors (Lipinski definition) is 1. The molecule has 26 heavy (non-hydrogen) atoms. The Morgan fingerprint density at radius 3 is 2.73 bits per heavy atom. The van der Waals surface area contributed by atoms with Gasteiger partial charge < -0.3 is 15.1 Å². The van der Waals surface area contributed by atoms with Gasteiger partial charge in [-0.05, 0) is 49.7 Å². The Hall–Kier alpha value is -2.12. The normalized spacial score (nSPS) is 17.4. The van der Waals surface area contributed by atoms with Crippen molar-refractivity contribution in [1.82, 2.24) is 29.9 Å². The highest BCUT2D eigenvalue weighted by Gasteiger charge is 2.30. The first kappa shape index (κ1) is 17.3. The maximum Gasteiger partial charge on any atom is 0.320 e. The van der Waals surface area contributed by atoms with Gasteiger partial charge in [-0.25, -0.2) is 4.79 Å². The lowest BCUT2D eigenvalue weighted by Crippen LogP contribution is -2.38. The Morgan fingerprint density at radius 1 is 1.23 bits per heavy atom. The molecule has 1 fully saturated rings. The largest absolute Gasteiger partial charge is 0.331 e. The highest BCUT2D eigenvalue weighted by Crippen LogP contribution is 2.32. The summed E-state index contributed by atoms with van der Waals surface area (Å²) in [6, 6.07) is 5.79. The van der Waals surface area contributed by atoms with E-state index in [1.54, 1.807) is 23.9 Å². The quantitative estimate of drug-likeness (QED) is 0.832. The van der Waals surface area contributed by atoms with Crippen molar-refractivity contribution in [2.45, 2.75) is 31.8 Å². The van der Waals surface area contributed by atoms with Gasteiger partial charge in [0, 0.05) is 25.0 Å². The summed E-state index contributed by atoms with van der Waals surface area (Å²) in [6.45, 7) is 2.92. The van der Waals surface area contributed by atoms with Crippen LogP contribution in [0, 0.1) is 0 Å². The van der Waals surface area contributed by atoms with Crippen LogP contribution in [0.5, 0.6) is 0 Å². The van der Waals surface area contributed by atoms with Gasteiger partial charge in [-0.3, -0.25) is 4.57 Å². The molecule has 1 aromatic carbocycles. The molecule has 4 rings (SSSR count). The Labute approximate surface area is 157 Å². The Bertz CT molecular complexity index is 827. The molecule has 2 amide bonds. The molecular weight excluding hydrogens is 352 g/mol. The third-order valence-corrected chi connectivity index (χ3v) is 5.32. The van der Waals surface area contributed by atoms with Gasteiger partial charge in [-0.2, -0.15) is 0 Å². The molecule has 2 aliphatic rings. The topological polar surface area (TPSA) is 66.3 Å². The van der Waals surface area contributed by atoms with Crippen molar-refractivity contribution in [3.63, 3.8) is 0 Å². The number of piperidine rings is 1. The molecule has 2 aliphatic heterocycles. The van der Waals surface area contributed by atoms with E-state index in [2.05, 4.69) is 20.1 Å². The van der Waals surface area contributed by atoms with Gasteiger partial charge in [0.15, 0.2) is 5.82 Å². The first-order chi connectivity index (χ1) is 12.5. The number of rotatable bonds is 1. The zero-order chi connectivity index (χ0) is 18.3.